The molecule has 0 bridgehead atoms. The van der Waals surface area contributed by atoms with E-state index in [9.17, 15) is 21.6 Å². The minimum atomic E-state index is -4.03. The van der Waals surface area contributed by atoms with Crippen LogP contribution in [-0.2, 0) is 23.7 Å². The lowest BCUT2D eigenvalue weighted by Crippen LogP contribution is -2.22. The number of sulfone groups is 1. The average Bonchev–Trinajstić information content (AvgIpc) is 2.19. The van der Waals surface area contributed by atoms with Crippen LogP contribution in [0.4, 0.5) is 5.69 Å². The van der Waals surface area contributed by atoms with Gasteiger partial charge in [0.25, 0.3) is 9.05 Å². The van der Waals surface area contributed by atoms with Gasteiger partial charge < -0.3 is 5.32 Å². The smallest absolute Gasteiger partial charge is 0.261 e. The molecule has 1 amide bonds. The van der Waals surface area contributed by atoms with Crippen molar-refractivity contribution in [1.82, 2.24) is 0 Å². The van der Waals surface area contributed by atoms with Gasteiger partial charge in [-0.3, -0.25) is 4.79 Å². The maximum atomic E-state index is 11.5. The largest absolute Gasteiger partial charge is 0.323 e. The molecule has 0 aromatic heterocycles. The van der Waals surface area contributed by atoms with Crippen molar-refractivity contribution in [2.45, 2.75) is 4.90 Å². The van der Waals surface area contributed by atoms with Gasteiger partial charge >= 0.3 is 0 Å². The molecule has 112 valence electrons. The molecular formula is C9H8Cl3NO5S2. The molecule has 20 heavy (non-hydrogen) atoms. The lowest BCUT2D eigenvalue weighted by molar-refractivity contribution is -0.113. The number of anilines is 1. The molecule has 1 aromatic rings. The summed E-state index contributed by atoms with van der Waals surface area (Å²) >= 11 is 11.6. The molecule has 0 aliphatic rings. The highest BCUT2D eigenvalue weighted by atomic mass is 35.7. The number of amides is 1. The van der Waals surface area contributed by atoms with E-state index in [1.54, 1.807) is 0 Å². The molecule has 0 spiro atoms. The predicted octanol–water partition coefficient (Wildman–Crippen LogP) is 1.90. The average molecular weight is 381 g/mol. The zero-order valence-electron chi connectivity index (χ0n) is 9.85. The van der Waals surface area contributed by atoms with Crippen molar-refractivity contribution in [3.8, 4) is 0 Å². The van der Waals surface area contributed by atoms with Gasteiger partial charge in [-0.25, -0.2) is 16.8 Å². The van der Waals surface area contributed by atoms with Crippen molar-refractivity contribution < 1.29 is 21.6 Å². The van der Waals surface area contributed by atoms with Crippen LogP contribution in [0.5, 0.6) is 0 Å². The highest BCUT2D eigenvalue weighted by Crippen LogP contribution is 2.34. The third kappa shape index (κ3) is 5.10. The molecule has 0 saturated heterocycles. The second-order valence-electron chi connectivity index (χ2n) is 3.82. The second kappa shape index (κ2) is 6.07. The third-order valence-electron chi connectivity index (χ3n) is 1.95. The van der Waals surface area contributed by atoms with Crippen LogP contribution < -0.4 is 5.32 Å². The molecule has 0 aliphatic heterocycles. The Labute approximate surface area is 130 Å². The van der Waals surface area contributed by atoms with E-state index >= 15 is 0 Å². The highest BCUT2D eigenvalue weighted by molar-refractivity contribution is 8.13. The number of benzene rings is 1. The van der Waals surface area contributed by atoms with Gasteiger partial charge in [-0.1, -0.05) is 23.2 Å². The van der Waals surface area contributed by atoms with Gasteiger partial charge in [-0.2, -0.15) is 0 Å². The van der Waals surface area contributed by atoms with Gasteiger partial charge in [0.05, 0.1) is 20.6 Å². The summed E-state index contributed by atoms with van der Waals surface area (Å²) in [7, 11) is -2.41. The van der Waals surface area contributed by atoms with Crippen LogP contribution in [0.15, 0.2) is 17.0 Å². The first-order chi connectivity index (χ1) is 8.90. The summed E-state index contributed by atoms with van der Waals surface area (Å²) < 4.78 is 44.2. The normalized spacial score (nSPS) is 12.2. The summed E-state index contributed by atoms with van der Waals surface area (Å²) in [6.07, 6.45) is 0.888. The van der Waals surface area contributed by atoms with Crippen LogP contribution in [0.1, 0.15) is 0 Å². The minimum absolute atomic E-state index is 0.0916. The summed E-state index contributed by atoms with van der Waals surface area (Å²) in [5, 5.41) is 1.83. The van der Waals surface area contributed by atoms with Crippen molar-refractivity contribution in [3.63, 3.8) is 0 Å². The third-order valence-corrected chi connectivity index (χ3v) is 4.67. The quantitative estimate of drug-likeness (QED) is 0.805. The van der Waals surface area contributed by atoms with E-state index in [0.29, 0.717) is 0 Å². The summed E-state index contributed by atoms with van der Waals surface area (Å²) in [6.45, 7) is 0. The Bertz CT molecular complexity index is 735. The minimum Gasteiger partial charge on any atom is -0.323 e. The van der Waals surface area contributed by atoms with Crippen molar-refractivity contribution in [2.24, 2.45) is 0 Å². The van der Waals surface area contributed by atoms with Crippen molar-refractivity contribution >= 4 is 64.4 Å². The lowest BCUT2D eigenvalue weighted by Gasteiger charge is -2.10. The summed E-state index contributed by atoms with van der Waals surface area (Å²) in [5.74, 6) is -1.60. The first kappa shape index (κ1) is 17.5. The van der Waals surface area contributed by atoms with Crippen LogP contribution >= 0.6 is 33.9 Å². The van der Waals surface area contributed by atoms with E-state index in [1.165, 1.54) is 0 Å². The fraction of sp³-hybridized carbons (Fsp3) is 0.222. The number of hydrogen-bond donors (Lipinski definition) is 1. The number of halogens is 3. The zero-order valence-corrected chi connectivity index (χ0v) is 13.8. The molecule has 0 unspecified atom stereocenters. The molecule has 1 N–H and O–H groups in total. The summed E-state index contributed by atoms with van der Waals surface area (Å²) in [5.41, 5.74) is -0.0916. The number of rotatable bonds is 4. The Morgan fingerprint density at radius 1 is 1.15 bits per heavy atom. The monoisotopic (exact) mass is 379 g/mol. The molecule has 11 heteroatoms. The van der Waals surface area contributed by atoms with Gasteiger partial charge in [0.1, 0.15) is 5.75 Å². The van der Waals surface area contributed by atoms with Crippen LogP contribution in [0, 0.1) is 0 Å². The van der Waals surface area contributed by atoms with Crippen LogP contribution in [0.3, 0.4) is 0 Å². The zero-order chi connectivity index (χ0) is 15.7. The van der Waals surface area contributed by atoms with E-state index < -0.39 is 30.5 Å². The Hall–Kier alpha value is -0.540. The van der Waals surface area contributed by atoms with E-state index in [0.717, 1.165) is 18.4 Å². The molecule has 0 heterocycles. The number of hydrogen-bond acceptors (Lipinski definition) is 5. The maximum Gasteiger partial charge on any atom is 0.261 e. The standard InChI is InChI=1S/C9H8Cl3NO5S2/c1-19(15,16)4-8(14)13-9-6(10)2-5(3-7(9)11)20(12,17)18/h2-3H,4H2,1H3,(H,13,14). The Morgan fingerprint density at radius 2 is 1.60 bits per heavy atom. The van der Waals surface area contributed by atoms with Crippen LogP contribution in [0.2, 0.25) is 10.0 Å². The van der Waals surface area contributed by atoms with Crippen LogP contribution in [0.25, 0.3) is 0 Å². The molecule has 0 aliphatic carbocycles. The predicted molar refractivity (Wildman–Crippen MR) is 77.8 cm³/mol. The van der Waals surface area contributed by atoms with Gasteiger partial charge in [0, 0.05) is 16.9 Å². The van der Waals surface area contributed by atoms with Crippen molar-refractivity contribution in [1.29, 1.82) is 0 Å². The molecule has 1 rings (SSSR count). The molecule has 0 saturated carbocycles. The first-order valence-electron chi connectivity index (χ1n) is 4.81. The lowest BCUT2D eigenvalue weighted by atomic mass is 10.3. The fourth-order valence-electron chi connectivity index (χ4n) is 1.22. The fourth-order valence-corrected chi connectivity index (χ4v) is 3.27. The van der Waals surface area contributed by atoms with E-state index in [-0.39, 0.29) is 20.6 Å². The molecule has 0 fully saturated rings. The Balaban J connectivity index is 3.13. The van der Waals surface area contributed by atoms with Gasteiger partial charge in [0.2, 0.25) is 5.91 Å². The number of carbonyl (C=O) groups is 1. The Morgan fingerprint density at radius 3 is 1.95 bits per heavy atom. The van der Waals surface area contributed by atoms with Gasteiger partial charge in [-0.05, 0) is 12.1 Å². The van der Waals surface area contributed by atoms with E-state index in [4.69, 9.17) is 33.9 Å². The van der Waals surface area contributed by atoms with E-state index in [1.807, 2.05) is 0 Å². The number of nitrogens with one attached hydrogen (secondary N) is 1. The van der Waals surface area contributed by atoms with Gasteiger partial charge in [0.15, 0.2) is 9.84 Å². The van der Waals surface area contributed by atoms with E-state index in [2.05, 4.69) is 5.32 Å². The molecule has 6 nitrogen and oxygen atoms in total. The molecular weight excluding hydrogens is 373 g/mol. The van der Waals surface area contributed by atoms with Gasteiger partial charge in [-0.15, -0.1) is 0 Å². The molecule has 1 aromatic carbocycles. The van der Waals surface area contributed by atoms with Crippen molar-refractivity contribution in [2.75, 3.05) is 17.3 Å². The number of carbonyl (C=O) groups excluding carboxylic acids is 1. The first-order valence-corrected chi connectivity index (χ1v) is 9.94. The maximum absolute atomic E-state index is 11.5. The Kier molecular flexibility index (Phi) is 5.31. The molecule has 0 radical (unpaired) electrons. The topological polar surface area (TPSA) is 97.4 Å². The summed E-state index contributed by atoms with van der Waals surface area (Å²) in [6, 6.07) is 1.98. The van der Waals surface area contributed by atoms with Crippen LogP contribution in [-0.4, -0.2) is 34.8 Å². The molecule has 0 atom stereocenters. The second-order valence-corrected chi connectivity index (χ2v) is 9.34. The van der Waals surface area contributed by atoms with Crippen molar-refractivity contribution in [3.05, 3.63) is 22.2 Å². The summed E-state index contributed by atoms with van der Waals surface area (Å²) in [4.78, 5) is 11.1. The highest BCUT2D eigenvalue weighted by Gasteiger charge is 2.19. The SMILES string of the molecule is CS(=O)(=O)CC(=O)Nc1c(Cl)cc(S(=O)(=O)Cl)cc1Cl.